The lowest BCUT2D eigenvalue weighted by Gasteiger charge is -2.29. The molecule has 30 heavy (non-hydrogen) atoms. The van der Waals surface area contributed by atoms with E-state index < -0.39 is 52.4 Å². The first-order valence-electron chi connectivity index (χ1n) is 8.44. The quantitative estimate of drug-likeness (QED) is 0.401. The number of ether oxygens (including phenoxy) is 1. The van der Waals surface area contributed by atoms with Crippen LogP contribution in [-0.4, -0.2) is 24.0 Å². The molecular weight excluding hydrogens is 443 g/mol. The molecule has 1 aromatic carbocycles. The van der Waals surface area contributed by atoms with Crippen LogP contribution in [0.15, 0.2) is 41.4 Å². The molecule has 3 nitrogen and oxygen atoms in total. The number of allylic oxidation sites excluding steroid dienone is 2. The van der Waals surface area contributed by atoms with Crippen LogP contribution in [0.4, 0.5) is 30.7 Å². The fourth-order valence-electron chi connectivity index (χ4n) is 3.13. The number of hydrogen-bond acceptors (Lipinski definition) is 3. The molecule has 3 unspecified atom stereocenters. The van der Waals surface area contributed by atoms with E-state index in [0.29, 0.717) is 5.56 Å². The van der Waals surface area contributed by atoms with Gasteiger partial charge in [-0.2, -0.15) is 31.6 Å². The summed E-state index contributed by atoms with van der Waals surface area (Å²) in [5.74, 6) is -3.49. The molecule has 1 saturated carbocycles. The lowest BCUT2D eigenvalue weighted by Crippen LogP contribution is -2.53. The van der Waals surface area contributed by atoms with Gasteiger partial charge in [-0.1, -0.05) is 61.9 Å². The van der Waals surface area contributed by atoms with E-state index in [9.17, 15) is 40.8 Å². The highest BCUT2D eigenvalue weighted by Gasteiger charge is 2.75. The number of rotatable bonds is 5. The zero-order chi connectivity index (χ0) is 23.1. The van der Waals surface area contributed by atoms with Crippen LogP contribution in [-0.2, 0) is 9.53 Å². The van der Waals surface area contributed by atoms with Crippen LogP contribution in [0.3, 0.4) is 0 Å². The molecule has 2 rings (SSSR count). The van der Waals surface area contributed by atoms with Gasteiger partial charge in [0.25, 0.3) is 0 Å². The van der Waals surface area contributed by atoms with Gasteiger partial charge in [-0.25, -0.2) is 4.39 Å². The normalized spacial score (nSPS) is 22.8. The van der Waals surface area contributed by atoms with Crippen LogP contribution in [0, 0.1) is 28.6 Å². The third kappa shape index (κ3) is 4.13. The molecular formula is C19H15ClF7NO2. The van der Waals surface area contributed by atoms with E-state index in [4.69, 9.17) is 16.3 Å². The molecule has 0 amide bonds. The van der Waals surface area contributed by atoms with Gasteiger partial charge in [0.1, 0.15) is 6.07 Å². The van der Waals surface area contributed by atoms with Gasteiger partial charge in [0.15, 0.2) is 0 Å². The summed E-state index contributed by atoms with van der Waals surface area (Å²) in [6, 6.07) is 9.54. The average Bonchev–Trinajstić information content (AvgIpc) is 3.17. The van der Waals surface area contributed by atoms with E-state index in [1.54, 1.807) is 24.3 Å². The molecule has 11 heteroatoms. The second kappa shape index (κ2) is 7.76. The molecule has 0 bridgehead atoms. The van der Waals surface area contributed by atoms with Gasteiger partial charge in [0.2, 0.25) is 6.10 Å². The molecule has 1 fully saturated rings. The smallest absolute Gasteiger partial charge is 0.436 e. The van der Waals surface area contributed by atoms with Gasteiger partial charge >= 0.3 is 24.0 Å². The van der Waals surface area contributed by atoms with Crippen molar-refractivity contribution in [3.05, 3.63) is 47.0 Å². The van der Waals surface area contributed by atoms with Crippen LogP contribution in [0.2, 0.25) is 0 Å². The summed E-state index contributed by atoms with van der Waals surface area (Å²) < 4.78 is 96.1. The fourth-order valence-corrected chi connectivity index (χ4v) is 3.48. The predicted octanol–water partition coefficient (Wildman–Crippen LogP) is 6.02. The topological polar surface area (TPSA) is 50.1 Å². The molecule has 0 aliphatic heterocycles. The number of hydrogen-bond donors (Lipinski definition) is 0. The lowest BCUT2D eigenvalue weighted by atomic mass is 10.0. The first kappa shape index (κ1) is 24.0. The first-order chi connectivity index (χ1) is 13.6. The number of carbonyl (C=O) groups is 1. The number of esters is 1. The van der Waals surface area contributed by atoms with E-state index in [1.807, 2.05) is 0 Å². The van der Waals surface area contributed by atoms with Crippen molar-refractivity contribution in [3.63, 3.8) is 0 Å². The maximum Gasteiger partial charge on any atom is 0.436 e. The molecule has 0 radical (unpaired) electrons. The van der Waals surface area contributed by atoms with Gasteiger partial charge < -0.3 is 4.74 Å². The van der Waals surface area contributed by atoms with Crippen molar-refractivity contribution in [2.75, 3.05) is 0 Å². The summed E-state index contributed by atoms with van der Waals surface area (Å²) in [6.45, 7) is 2.74. The van der Waals surface area contributed by atoms with Crippen molar-refractivity contribution in [1.82, 2.24) is 0 Å². The predicted molar refractivity (Wildman–Crippen MR) is 91.5 cm³/mol. The highest BCUT2D eigenvalue weighted by atomic mass is 35.5. The van der Waals surface area contributed by atoms with Crippen molar-refractivity contribution in [3.8, 4) is 6.07 Å². The number of nitriles is 1. The zero-order valence-corrected chi connectivity index (χ0v) is 16.2. The molecule has 1 aliphatic rings. The summed E-state index contributed by atoms with van der Waals surface area (Å²) in [4.78, 5) is 12.4. The third-order valence-electron chi connectivity index (χ3n) is 5.05. The maximum absolute atomic E-state index is 14.0. The highest BCUT2D eigenvalue weighted by molar-refractivity contribution is 6.31. The summed E-state index contributed by atoms with van der Waals surface area (Å²) in [5.41, 5.74) is -6.60. The molecule has 0 spiro atoms. The minimum Gasteiger partial charge on any atom is -0.442 e. The van der Waals surface area contributed by atoms with E-state index in [2.05, 4.69) is 0 Å². The Morgan fingerprint density at radius 1 is 1.13 bits per heavy atom. The highest BCUT2D eigenvalue weighted by Crippen LogP contribution is 2.62. The van der Waals surface area contributed by atoms with Crippen LogP contribution in [0.25, 0.3) is 0 Å². The number of halogens is 8. The van der Waals surface area contributed by atoms with E-state index in [0.717, 1.165) is 0 Å². The summed E-state index contributed by atoms with van der Waals surface area (Å²) in [6.07, 6.45) is -13.8. The van der Waals surface area contributed by atoms with E-state index in [-0.39, 0.29) is 6.08 Å². The molecule has 1 aromatic rings. The maximum atomic E-state index is 14.0. The molecule has 1 aliphatic carbocycles. The summed E-state index contributed by atoms with van der Waals surface area (Å²) >= 11 is 5.16. The van der Waals surface area contributed by atoms with Gasteiger partial charge in [0.05, 0.1) is 11.0 Å². The van der Waals surface area contributed by atoms with Crippen molar-refractivity contribution in [1.29, 1.82) is 5.26 Å². The Balaban J connectivity index is 2.28. The number of alkyl halides is 7. The minimum absolute atomic E-state index is 0.248. The summed E-state index contributed by atoms with van der Waals surface area (Å²) in [5, 5.41) is 7.07. The van der Waals surface area contributed by atoms with Crippen molar-refractivity contribution >= 4 is 17.6 Å². The molecule has 0 N–H and O–H groups in total. The van der Waals surface area contributed by atoms with Gasteiger partial charge in [0, 0.05) is 5.56 Å². The standard InChI is InChI=1S/C19H15ClF7NO2/c1-16(2)11(8-13(20)17(21,18(22,23)24)19(25,26)27)14(16)15(29)30-12(9-28)10-6-4-3-5-7-10/h3-8,11-12,14H,1-2H3. The van der Waals surface area contributed by atoms with Gasteiger partial charge in [-0.15, -0.1) is 0 Å². The van der Waals surface area contributed by atoms with Crippen LogP contribution in [0.5, 0.6) is 0 Å². The Morgan fingerprint density at radius 3 is 2.07 bits per heavy atom. The summed E-state index contributed by atoms with van der Waals surface area (Å²) in [7, 11) is 0. The molecule has 0 heterocycles. The Kier molecular flexibility index (Phi) is 6.21. The minimum atomic E-state index is -6.35. The van der Waals surface area contributed by atoms with Gasteiger partial charge in [-0.05, 0) is 11.3 Å². The number of carbonyl (C=O) groups excluding carboxylic acids is 1. The van der Waals surface area contributed by atoms with Crippen LogP contribution < -0.4 is 0 Å². The zero-order valence-electron chi connectivity index (χ0n) is 15.5. The second-order valence-electron chi connectivity index (χ2n) is 7.35. The van der Waals surface area contributed by atoms with Crippen LogP contribution in [0.1, 0.15) is 25.5 Å². The number of nitrogens with zero attached hydrogens (tertiary/aromatic N) is 1. The Hall–Kier alpha value is -2.28. The Morgan fingerprint density at radius 2 is 1.63 bits per heavy atom. The van der Waals surface area contributed by atoms with Crippen molar-refractivity contribution < 1.29 is 40.3 Å². The van der Waals surface area contributed by atoms with E-state index in [1.165, 1.54) is 26.0 Å². The Labute approximate surface area is 172 Å². The first-order valence-corrected chi connectivity index (χ1v) is 8.82. The largest absolute Gasteiger partial charge is 0.442 e. The molecule has 0 saturated heterocycles. The lowest BCUT2D eigenvalue weighted by molar-refractivity contribution is -0.323. The second-order valence-corrected chi connectivity index (χ2v) is 7.76. The monoisotopic (exact) mass is 457 g/mol. The van der Waals surface area contributed by atoms with Crippen molar-refractivity contribution in [2.24, 2.45) is 17.3 Å². The van der Waals surface area contributed by atoms with E-state index >= 15 is 0 Å². The Bertz CT molecular complexity index is 858. The number of benzene rings is 1. The van der Waals surface area contributed by atoms with Gasteiger partial charge in [-0.3, -0.25) is 4.79 Å². The molecule has 3 atom stereocenters. The van der Waals surface area contributed by atoms with Crippen molar-refractivity contribution in [2.45, 2.75) is 38.0 Å². The van der Waals surface area contributed by atoms with Crippen LogP contribution >= 0.6 is 11.6 Å². The molecule has 0 aromatic heterocycles. The average molecular weight is 458 g/mol. The molecule has 164 valence electrons. The SMILES string of the molecule is CC1(C)C(C=C(Cl)C(F)(C(F)(F)F)C(F)(F)F)C1C(=O)OC(C#N)c1ccccc1. The third-order valence-corrected chi connectivity index (χ3v) is 5.44. The fraction of sp³-hybridized carbons (Fsp3) is 0.474.